The van der Waals surface area contributed by atoms with Crippen LogP contribution in [0, 0.1) is 6.92 Å². The fraction of sp³-hybridized carbons (Fsp3) is 0.429. The average Bonchev–Trinajstić information content (AvgIpc) is 3.09. The number of aromatic nitrogens is 3. The van der Waals surface area contributed by atoms with Crippen molar-refractivity contribution < 1.29 is 14.1 Å². The molecule has 2 heterocycles. The van der Waals surface area contributed by atoms with Gasteiger partial charge in [0.15, 0.2) is 0 Å². The first-order chi connectivity index (χ1) is 14.0. The Morgan fingerprint density at radius 2 is 2.00 bits per heavy atom. The lowest BCUT2D eigenvalue weighted by molar-refractivity contribution is 0.0512. The number of hydrogen-bond acceptors (Lipinski definition) is 8. The number of aryl methyl sites for hydroxylation is 1. The van der Waals surface area contributed by atoms with Crippen LogP contribution in [0.2, 0.25) is 0 Å². The fourth-order valence-electron chi connectivity index (χ4n) is 3.19. The predicted molar refractivity (Wildman–Crippen MR) is 111 cm³/mol. The molecule has 0 aliphatic heterocycles. The number of ether oxygens (including phenoxy) is 1. The Balaban J connectivity index is 1.80. The fourth-order valence-corrected chi connectivity index (χ4v) is 3.19. The second-order valence-electron chi connectivity index (χ2n) is 7.00. The zero-order chi connectivity index (χ0) is 20.8. The van der Waals surface area contributed by atoms with Gasteiger partial charge in [0.1, 0.15) is 11.2 Å². The van der Waals surface area contributed by atoms with Crippen molar-refractivity contribution in [3.05, 3.63) is 47.4 Å². The normalized spacial score (nSPS) is 12.3. The molecule has 0 fully saturated rings. The van der Waals surface area contributed by atoms with Crippen molar-refractivity contribution in [1.29, 1.82) is 0 Å². The monoisotopic (exact) mass is 397 g/mol. The molecule has 29 heavy (non-hydrogen) atoms. The lowest BCUT2D eigenvalue weighted by atomic mass is 10.1. The van der Waals surface area contributed by atoms with Gasteiger partial charge in [-0.15, -0.1) is 0 Å². The first-order valence-electron chi connectivity index (χ1n) is 9.81. The van der Waals surface area contributed by atoms with E-state index in [1.165, 1.54) is 5.56 Å². The van der Waals surface area contributed by atoms with Gasteiger partial charge in [0.05, 0.1) is 12.3 Å². The first-order valence-corrected chi connectivity index (χ1v) is 9.81. The molecular formula is C21H27N5O3. The lowest BCUT2D eigenvalue weighted by Gasteiger charge is -2.25. The van der Waals surface area contributed by atoms with Gasteiger partial charge in [-0.05, 0) is 32.9 Å². The Hall–Kier alpha value is -3.00. The first kappa shape index (κ1) is 20.7. The van der Waals surface area contributed by atoms with Crippen LogP contribution in [0.15, 0.2) is 34.9 Å². The van der Waals surface area contributed by atoms with Gasteiger partial charge in [-0.25, -0.2) is 9.78 Å². The minimum absolute atomic E-state index is 0.0366. The van der Waals surface area contributed by atoms with Gasteiger partial charge in [0.2, 0.25) is 5.82 Å². The van der Waals surface area contributed by atoms with Crippen molar-refractivity contribution in [1.82, 2.24) is 20.0 Å². The molecule has 0 bridgehead atoms. The van der Waals surface area contributed by atoms with Gasteiger partial charge in [-0.1, -0.05) is 42.4 Å². The molecule has 8 heteroatoms. The summed E-state index contributed by atoms with van der Waals surface area (Å²) in [5.41, 5.74) is 2.20. The standard InChI is InChI=1S/C21H27N5O3/c1-5-16(13-26(4)12-15-10-8-7-9-11-15)22-18-17-14(3)25-29-20(17)24-19(23-18)21(27)28-6-2/h7-11,16H,5-6,12-13H2,1-4H3,(H,22,23,24)/t16-/m1/s1. The van der Waals surface area contributed by atoms with Crippen LogP contribution in [0.4, 0.5) is 5.82 Å². The van der Waals surface area contributed by atoms with E-state index in [1.54, 1.807) is 6.92 Å². The molecule has 8 nitrogen and oxygen atoms in total. The van der Waals surface area contributed by atoms with E-state index in [0.29, 0.717) is 16.9 Å². The summed E-state index contributed by atoms with van der Waals surface area (Å²) in [6.45, 7) is 7.57. The highest BCUT2D eigenvalue weighted by Crippen LogP contribution is 2.25. The summed E-state index contributed by atoms with van der Waals surface area (Å²) in [5.74, 6) is -0.0806. The van der Waals surface area contributed by atoms with Gasteiger partial charge < -0.3 is 19.5 Å². The molecule has 0 saturated carbocycles. The van der Waals surface area contributed by atoms with Gasteiger partial charge in [-0.3, -0.25) is 0 Å². The van der Waals surface area contributed by atoms with Gasteiger partial charge in [0, 0.05) is 19.1 Å². The van der Waals surface area contributed by atoms with E-state index < -0.39 is 5.97 Å². The van der Waals surface area contributed by atoms with E-state index in [4.69, 9.17) is 9.26 Å². The SMILES string of the molecule is CCOC(=O)c1nc(N[C@H](CC)CN(C)Cc2ccccc2)c2c(C)noc2n1. The summed E-state index contributed by atoms with van der Waals surface area (Å²) in [4.78, 5) is 23.0. The van der Waals surface area contributed by atoms with Crippen molar-refractivity contribution in [3.63, 3.8) is 0 Å². The maximum absolute atomic E-state index is 12.1. The van der Waals surface area contributed by atoms with Crippen LogP contribution in [0.3, 0.4) is 0 Å². The predicted octanol–water partition coefficient (Wildman–Crippen LogP) is 3.43. The van der Waals surface area contributed by atoms with E-state index in [1.807, 2.05) is 25.1 Å². The van der Waals surface area contributed by atoms with Crippen molar-refractivity contribution >= 4 is 22.9 Å². The van der Waals surface area contributed by atoms with Crippen LogP contribution in [0.1, 0.15) is 42.1 Å². The van der Waals surface area contributed by atoms with Crippen molar-refractivity contribution in [3.8, 4) is 0 Å². The molecule has 0 saturated heterocycles. The van der Waals surface area contributed by atoms with E-state index in [2.05, 4.69) is 51.4 Å². The Morgan fingerprint density at radius 1 is 1.24 bits per heavy atom. The highest BCUT2D eigenvalue weighted by atomic mass is 16.5. The average molecular weight is 397 g/mol. The van der Waals surface area contributed by atoms with Crippen LogP contribution in [-0.4, -0.2) is 52.2 Å². The van der Waals surface area contributed by atoms with Crippen molar-refractivity contribution in [2.24, 2.45) is 0 Å². The number of esters is 1. The number of rotatable bonds is 9. The number of nitrogens with zero attached hydrogens (tertiary/aromatic N) is 4. The van der Waals surface area contributed by atoms with Gasteiger partial charge in [0.25, 0.3) is 5.71 Å². The largest absolute Gasteiger partial charge is 0.460 e. The topological polar surface area (TPSA) is 93.4 Å². The second-order valence-corrected chi connectivity index (χ2v) is 7.00. The molecule has 3 rings (SSSR count). The maximum Gasteiger partial charge on any atom is 0.376 e. The minimum Gasteiger partial charge on any atom is -0.460 e. The quantitative estimate of drug-likeness (QED) is 0.549. The van der Waals surface area contributed by atoms with Crippen LogP contribution in [0.5, 0.6) is 0 Å². The molecular weight excluding hydrogens is 370 g/mol. The molecule has 1 N–H and O–H groups in total. The lowest BCUT2D eigenvalue weighted by Crippen LogP contribution is -2.34. The number of likely N-dealkylation sites (N-methyl/N-ethyl adjacent to an activating group) is 1. The molecule has 3 aromatic rings. The summed E-state index contributed by atoms with van der Waals surface area (Å²) in [7, 11) is 2.08. The molecule has 1 aromatic carbocycles. The molecule has 0 spiro atoms. The van der Waals surface area contributed by atoms with E-state index in [0.717, 1.165) is 19.5 Å². The Morgan fingerprint density at radius 3 is 2.69 bits per heavy atom. The number of nitrogens with one attached hydrogen (secondary N) is 1. The molecule has 1 atom stereocenters. The number of hydrogen-bond donors (Lipinski definition) is 1. The molecule has 2 aromatic heterocycles. The van der Waals surface area contributed by atoms with Crippen LogP contribution < -0.4 is 5.32 Å². The third-order valence-electron chi connectivity index (χ3n) is 4.63. The summed E-state index contributed by atoms with van der Waals surface area (Å²) < 4.78 is 10.3. The molecule has 0 aliphatic rings. The van der Waals surface area contributed by atoms with E-state index in [9.17, 15) is 4.79 Å². The summed E-state index contributed by atoms with van der Waals surface area (Å²) in [5, 5.41) is 8.11. The number of fused-ring (bicyclic) bond motifs is 1. The van der Waals surface area contributed by atoms with Crippen molar-refractivity contribution in [2.75, 3.05) is 25.5 Å². The van der Waals surface area contributed by atoms with Crippen LogP contribution in [-0.2, 0) is 11.3 Å². The number of carbonyl (C=O) groups excluding carboxylic acids is 1. The minimum atomic E-state index is -0.583. The molecule has 0 unspecified atom stereocenters. The summed E-state index contributed by atoms with van der Waals surface area (Å²) in [6.07, 6.45) is 0.879. The zero-order valence-electron chi connectivity index (χ0n) is 17.3. The molecule has 0 amide bonds. The number of benzene rings is 1. The van der Waals surface area contributed by atoms with Gasteiger partial charge in [-0.2, -0.15) is 4.98 Å². The molecule has 0 radical (unpaired) electrons. The van der Waals surface area contributed by atoms with Crippen molar-refractivity contribution in [2.45, 2.75) is 39.8 Å². The second kappa shape index (κ2) is 9.47. The number of carbonyl (C=O) groups is 1. The highest BCUT2D eigenvalue weighted by molar-refractivity contribution is 5.93. The number of anilines is 1. The Bertz CT molecular complexity index is 958. The smallest absolute Gasteiger partial charge is 0.376 e. The van der Waals surface area contributed by atoms with E-state index in [-0.39, 0.29) is 24.2 Å². The Labute approximate surface area is 170 Å². The zero-order valence-corrected chi connectivity index (χ0v) is 17.3. The molecule has 154 valence electrons. The maximum atomic E-state index is 12.1. The van der Waals surface area contributed by atoms with Gasteiger partial charge >= 0.3 is 5.97 Å². The molecule has 0 aliphatic carbocycles. The summed E-state index contributed by atoms with van der Waals surface area (Å²) >= 11 is 0. The van der Waals surface area contributed by atoms with E-state index >= 15 is 0 Å². The van der Waals surface area contributed by atoms with Crippen LogP contribution >= 0.6 is 0 Å². The third kappa shape index (κ3) is 5.08. The third-order valence-corrected chi connectivity index (χ3v) is 4.63. The Kier molecular flexibility index (Phi) is 6.77. The summed E-state index contributed by atoms with van der Waals surface area (Å²) in [6, 6.07) is 10.5. The van der Waals surface area contributed by atoms with Crippen LogP contribution in [0.25, 0.3) is 11.1 Å². The highest BCUT2D eigenvalue weighted by Gasteiger charge is 2.21.